The quantitative estimate of drug-likeness (QED) is 0.840. The number of nitrogens with zero attached hydrogens (tertiary/aromatic N) is 1. The monoisotopic (exact) mass is 280 g/mol. The van der Waals surface area contributed by atoms with Gasteiger partial charge in [-0.25, -0.2) is 0 Å². The zero-order chi connectivity index (χ0) is 14.6. The molecule has 114 valence electrons. The van der Waals surface area contributed by atoms with Crippen LogP contribution in [0.25, 0.3) is 0 Å². The van der Waals surface area contributed by atoms with Crippen molar-refractivity contribution in [2.24, 2.45) is 11.3 Å². The van der Waals surface area contributed by atoms with Gasteiger partial charge in [0.2, 0.25) is 11.8 Å². The van der Waals surface area contributed by atoms with Crippen molar-refractivity contribution in [3.63, 3.8) is 0 Å². The van der Waals surface area contributed by atoms with Crippen LogP contribution in [0.15, 0.2) is 0 Å². The number of carbonyl (C=O) groups excluding carboxylic acids is 2. The van der Waals surface area contributed by atoms with Crippen molar-refractivity contribution in [3.05, 3.63) is 0 Å². The van der Waals surface area contributed by atoms with E-state index in [1.165, 1.54) is 0 Å². The van der Waals surface area contributed by atoms with Gasteiger partial charge in [0.15, 0.2) is 0 Å². The van der Waals surface area contributed by atoms with E-state index in [0.717, 1.165) is 58.2 Å². The largest absolute Gasteiger partial charge is 0.356 e. The van der Waals surface area contributed by atoms with Crippen LogP contribution in [0.2, 0.25) is 0 Å². The van der Waals surface area contributed by atoms with Gasteiger partial charge < -0.3 is 10.2 Å². The first-order valence-electron chi connectivity index (χ1n) is 8.16. The van der Waals surface area contributed by atoms with E-state index in [2.05, 4.69) is 19.2 Å². The molecular formula is C16H28N2O2. The van der Waals surface area contributed by atoms with Gasteiger partial charge in [0.25, 0.3) is 0 Å². The van der Waals surface area contributed by atoms with Gasteiger partial charge in [0.1, 0.15) is 0 Å². The summed E-state index contributed by atoms with van der Waals surface area (Å²) in [4.78, 5) is 26.1. The summed E-state index contributed by atoms with van der Waals surface area (Å²) in [6.45, 7) is 6.77. The van der Waals surface area contributed by atoms with Crippen LogP contribution in [0, 0.1) is 11.3 Å². The molecule has 0 aromatic rings. The first-order valence-corrected chi connectivity index (χ1v) is 8.16. The van der Waals surface area contributed by atoms with Gasteiger partial charge in [0, 0.05) is 32.0 Å². The van der Waals surface area contributed by atoms with Crippen molar-refractivity contribution in [2.75, 3.05) is 19.6 Å². The molecule has 0 bridgehead atoms. The number of rotatable bonds is 5. The molecule has 2 amide bonds. The van der Waals surface area contributed by atoms with Crippen molar-refractivity contribution >= 4 is 11.8 Å². The second-order valence-electron chi connectivity index (χ2n) is 6.55. The minimum Gasteiger partial charge on any atom is -0.356 e. The van der Waals surface area contributed by atoms with E-state index in [1.807, 2.05) is 4.90 Å². The SMILES string of the molecule is CCCC(CCC)C(=O)N1CCC2(CC1)CNC(=O)C2. The Balaban J connectivity index is 1.89. The van der Waals surface area contributed by atoms with Crippen LogP contribution in [-0.2, 0) is 9.59 Å². The van der Waals surface area contributed by atoms with Crippen LogP contribution < -0.4 is 5.32 Å². The Morgan fingerprint density at radius 2 is 1.85 bits per heavy atom. The molecule has 0 aromatic heterocycles. The standard InChI is InChI=1S/C16H28N2O2/c1-3-5-13(6-4-2)15(20)18-9-7-16(8-10-18)11-14(19)17-12-16/h13H,3-12H2,1-2H3,(H,17,19). The number of nitrogens with one attached hydrogen (secondary N) is 1. The molecule has 2 saturated heterocycles. The summed E-state index contributed by atoms with van der Waals surface area (Å²) in [5.74, 6) is 0.739. The molecule has 2 aliphatic rings. The number of piperidine rings is 1. The van der Waals surface area contributed by atoms with Crippen LogP contribution in [0.3, 0.4) is 0 Å². The van der Waals surface area contributed by atoms with E-state index in [9.17, 15) is 9.59 Å². The third kappa shape index (κ3) is 3.33. The van der Waals surface area contributed by atoms with Crippen LogP contribution in [0.4, 0.5) is 0 Å². The minimum absolute atomic E-state index is 0.138. The molecule has 2 rings (SSSR count). The number of hydrogen-bond acceptors (Lipinski definition) is 2. The van der Waals surface area contributed by atoms with E-state index in [-0.39, 0.29) is 17.2 Å². The molecule has 4 heteroatoms. The third-order valence-electron chi connectivity index (χ3n) is 4.96. The van der Waals surface area contributed by atoms with Crippen molar-refractivity contribution in [1.82, 2.24) is 10.2 Å². The number of likely N-dealkylation sites (tertiary alicyclic amines) is 1. The smallest absolute Gasteiger partial charge is 0.225 e. The van der Waals surface area contributed by atoms with E-state index < -0.39 is 0 Å². The van der Waals surface area contributed by atoms with Crippen molar-refractivity contribution in [2.45, 2.75) is 58.8 Å². The first-order chi connectivity index (χ1) is 9.60. The number of hydrogen-bond donors (Lipinski definition) is 1. The molecule has 1 N–H and O–H groups in total. The molecule has 2 aliphatic heterocycles. The van der Waals surface area contributed by atoms with Crippen molar-refractivity contribution in [3.8, 4) is 0 Å². The van der Waals surface area contributed by atoms with Gasteiger partial charge >= 0.3 is 0 Å². The van der Waals surface area contributed by atoms with E-state index in [0.29, 0.717) is 12.3 Å². The molecule has 0 atom stereocenters. The maximum absolute atomic E-state index is 12.6. The Labute approximate surface area is 122 Å². The normalized spacial score (nSPS) is 21.6. The first kappa shape index (κ1) is 15.3. The lowest BCUT2D eigenvalue weighted by molar-refractivity contribution is -0.138. The van der Waals surface area contributed by atoms with Gasteiger partial charge in [-0.05, 0) is 31.1 Å². The maximum atomic E-state index is 12.6. The van der Waals surface area contributed by atoms with Crippen LogP contribution >= 0.6 is 0 Å². The summed E-state index contributed by atoms with van der Waals surface area (Å²) in [5.41, 5.74) is 0.138. The summed E-state index contributed by atoms with van der Waals surface area (Å²) in [7, 11) is 0. The lowest BCUT2D eigenvalue weighted by atomic mass is 9.77. The molecule has 0 unspecified atom stereocenters. The molecule has 1 spiro atoms. The highest BCUT2D eigenvalue weighted by Gasteiger charge is 2.42. The molecule has 0 saturated carbocycles. The zero-order valence-corrected chi connectivity index (χ0v) is 12.9. The summed E-state index contributed by atoms with van der Waals surface area (Å²) < 4.78 is 0. The minimum atomic E-state index is 0.138. The highest BCUT2D eigenvalue weighted by molar-refractivity contribution is 5.80. The highest BCUT2D eigenvalue weighted by atomic mass is 16.2. The highest BCUT2D eigenvalue weighted by Crippen LogP contribution is 2.38. The van der Waals surface area contributed by atoms with Gasteiger partial charge in [-0.1, -0.05) is 26.7 Å². The fourth-order valence-electron chi connectivity index (χ4n) is 3.65. The Bertz CT molecular complexity index is 353. The average Bonchev–Trinajstić information content (AvgIpc) is 2.80. The predicted molar refractivity (Wildman–Crippen MR) is 79.2 cm³/mol. The molecule has 0 aromatic carbocycles. The molecule has 2 fully saturated rings. The van der Waals surface area contributed by atoms with Crippen molar-refractivity contribution < 1.29 is 9.59 Å². The van der Waals surface area contributed by atoms with E-state index in [1.54, 1.807) is 0 Å². The van der Waals surface area contributed by atoms with Gasteiger partial charge in [-0.2, -0.15) is 0 Å². The Kier molecular flexibility index (Phi) is 5.06. The summed E-state index contributed by atoms with van der Waals surface area (Å²) in [6, 6.07) is 0. The summed E-state index contributed by atoms with van der Waals surface area (Å²) in [5, 5.41) is 2.95. The second kappa shape index (κ2) is 6.59. The van der Waals surface area contributed by atoms with E-state index >= 15 is 0 Å². The van der Waals surface area contributed by atoms with E-state index in [4.69, 9.17) is 0 Å². The van der Waals surface area contributed by atoms with Crippen LogP contribution in [0.1, 0.15) is 58.8 Å². The van der Waals surface area contributed by atoms with Gasteiger partial charge in [-0.15, -0.1) is 0 Å². The molecular weight excluding hydrogens is 252 g/mol. The van der Waals surface area contributed by atoms with Crippen LogP contribution in [-0.4, -0.2) is 36.3 Å². The summed E-state index contributed by atoms with van der Waals surface area (Å²) in [6.07, 6.45) is 6.77. The maximum Gasteiger partial charge on any atom is 0.225 e. The fraction of sp³-hybridized carbons (Fsp3) is 0.875. The molecule has 0 aliphatic carbocycles. The second-order valence-corrected chi connectivity index (χ2v) is 6.55. The van der Waals surface area contributed by atoms with Crippen LogP contribution in [0.5, 0.6) is 0 Å². The van der Waals surface area contributed by atoms with Gasteiger partial charge in [0.05, 0.1) is 0 Å². The zero-order valence-electron chi connectivity index (χ0n) is 12.9. The predicted octanol–water partition coefficient (Wildman–Crippen LogP) is 2.33. The topological polar surface area (TPSA) is 49.4 Å². The number of carbonyl (C=O) groups is 2. The molecule has 2 heterocycles. The lowest BCUT2D eigenvalue weighted by Gasteiger charge is -2.39. The van der Waals surface area contributed by atoms with Crippen molar-refractivity contribution in [1.29, 1.82) is 0 Å². The summed E-state index contributed by atoms with van der Waals surface area (Å²) >= 11 is 0. The Morgan fingerprint density at radius 3 is 2.30 bits per heavy atom. The Hall–Kier alpha value is -1.06. The molecule has 20 heavy (non-hydrogen) atoms. The third-order valence-corrected chi connectivity index (χ3v) is 4.96. The molecule has 4 nitrogen and oxygen atoms in total. The number of amides is 2. The van der Waals surface area contributed by atoms with Gasteiger partial charge in [-0.3, -0.25) is 9.59 Å². The Morgan fingerprint density at radius 1 is 1.25 bits per heavy atom. The average molecular weight is 280 g/mol. The molecule has 0 radical (unpaired) electrons. The fourth-order valence-corrected chi connectivity index (χ4v) is 3.65. The lowest BCUT2D eigenvalue weighted by Crippen LogP contribution is -2.46.